The Labute approximate surface area is 116 Å². The van der Waals surface area contributed by atoms with E-state index >= 15 is 0 Å². The summed E-state index contributed by atoms with van der Waals surface area (Å²) in [5, 5.41) is 5.99. The zero-order chi connectivity index (χ0) is 13.8. The molecular weight excluding hydrogens is 254 g/mol. The minimum absolute atomic E-state index is 0.249. The molecule has 2 aromatic rings. The zero-order valence-electron chi connectivity index (χ0n) is 10.9. The molecule has 0 aliphatic heterocycles. The van der Waals surface area contributed by atoms with Crippen molar-refractivity contribution in [2.75, 3.05) is 5.32 Å². The molecule has 1 aliphatic carbocycles. The first-order chi connectivity index (χ1) is 9.81. The molecule has 6 heteroatoms. The van der Waals surface area contributed by atoms with Crippen molar-refractivity contribution in [3.8, 4) is 0 Å². The normalized spacial score (nSPS) is 13.8. The second kappa shape index (κ2) is 5.64. The summed E-state index contributed by atoms with van der Waals surface area (Å²) in [6, 6.07) is 6.09. The van der Waals surface area contributed by atoms with Gasteiger partial charge in [0.25, 0.3) is 5.91 Å². The quantitative estimate of drug-likeness (QED) is 0.857. The van der Waals surface area contributed by atoms with Gasteiger partial charge in [-0.15, -0.1) is 0 Å². The van der Waals surface area contributed by atoms with Gasteiger partial charge in [-0.3, -0.25) is 9.78 Å². The van der Waals surface area contributed by atoms with Crippen LogP contribution < -0.4 is 10.6 Å². The number of nitrogens with one attached hydrogen (secondary N) is 2. The fourth-order valence-corrected chi connectivity index (χ4v) is 1.72. The van der Waals surface area contributed by atoms with Crippen LogP contribution in [0.2, 0.25) is 0 Å². The third-order valence-corrected chi connectivity index (χ3v) is 2.97. The van der Waals surface area contributed by atoms with E-state index in [1.54, 1.807) is 12.4 Å². The van der Waals surface area contributed by atoms with Crippen molar-refractivity contribution in [2.45, 2.75) is 25.4 Å². The fraction of sp³-hybridized carbons (Fsp3) is 0.286. The zero-order valence-corrected chi connectivity index (χ0v) is 10.9. The smallest absolute Gasteiger partial charge is 0.271 e. The molecule has 1 amide bonds. The van der Waals surface area contributed by atoms with Crippen LogP contribution >= 0.6 is 0 Å². The molecule has 102 valence electrons. The third-order valence-electron chi connectivity index (χ3n) is 2.97. The van der Waals surface area contributed by atoms with E-state index in [9.17, 15) is 4.79 Å². The predicted molar refractivity (Wildman–Crippen MR) is 74.1 cm³/mol. The van der Waals surface area contributed by atoms with Crippen LogP contribution in [-0.2, 0) is 6.54 Å². The molecular formula is C14H15N5O. The predicted octanol–water partition coefficient (Wildman–Crippen LogP) is 1.38. The van der Waals surface area contributed by atoms with Crippen LogP contribution in [-0.4, -0.2) is 26.9 Å². The minimum Gasteiger partial charge on any atom is -0.366 e. The number of pyridine rings is 1. The number of hydrogen-bond acceptors (Lipinski definition) is 5. The maximum Gasteiger partial charge on any atom is 0.271 e. The van der Waals surface area contributed by atoms with E-state index in [0.717, 1.165) is 5.69 Å². The lowest BCUT2D eigenvalue weighted by Gasteiger charge is -2.05. The SMILES string of the molecule is O=C(NCc1ccccn1)c1cnc(NC2CC2)cn1. The van der Waals surface area contributed by atoms with Crippen molar-refractivity contribution in [2.24, 2.45) is 0 Å². The van der Waals surface area contributed by atoms with Crippen LogP contribution in [0.25, 0.3) is 0 Å². The van der Waals surface area contributed by atoms with Crippen molar-refractivity contribution >= 4 is 11.7 Å². The van der Waals surface area contributed by atoms with E-state index in [4.69, 9.17) is 0 Å². The largest absolute Gasteiger partial charge is 0.366 e. The van der Waals surface area contributed by atoms with Crippen LogP contribution in [0.15, 0.2) is 36.8 Å². The van der Waals surface area contributed by atoms with E-state index in [1.165, 1.54) is 19.0 Å². The van der Waals surface area contributed by atoms with Crippen LogP contribution in [0.1, 0.15) is 29.0 Å². The summed E-state index contributed by atoms with van der Waals surface area (Å²) in [7, 11) is 0. The number of hydrogen-bond donors (Lipinski definition) is 2. The molecule has 20 heavy (non-hydrogen) atoms. The average molecular weight is 269 g/mol. The first kappa shape index (κ1) is 12.5. The Morgan fingerprint density at radius 2 is 2.10 bits per heavy atom. The van der Waals surface area contributed by atoms with Gasteiger partial charge < -0.3 is 10.6 Å². The molecule has 2 heterocycles. The highest BCUT2D eigenvalue weighted by Gasteiger charge is 2.21. The maximum atomic E-state index is 11.9. The summed E-state index contributed by atoms with van der Waals surface area (Å²) >= 11 is 0. The molecule has 0 spiro atoms. The molecule has 2 N–H and O–H groups in total. The lowest BCUT2D eigenvalue weighted by molar-refractivity contribution is 0.0945. The molecule has 2 aromatic heterocycles. The maximum absolute atomic E-state index is 11.9. The second-order valence-corrected chi connectivity index (χ2v) is 4.71. The Kier molecular flexibility index (Phi) is 3.54. The van der Waals surface area contributed by atoms with Crippen molar-refractivity contribution < 1.29 is 4.79 Å². The Morgan fingerprint density at radius 3 is 2.75 bits per heavy atom. The third kappa shape index (κ3) is 3.28. The first-order valence-corrected chi connectivity index (χ1v) is 6.58. The summed E-state index contributed by atoms with van der Waals surface area (Å²) in [4.78, 5) is 24.3. The number of aromatic nitrogens is 3. The monoisotopic (exact) mass is 269 g/mol. The summed E-state index contributed by atoms with van der Waals surface area (Å²) in [5.74, 6) is 0.468. The average Bonchev–Trinajstić information content (AvgIpc) is 3.31. The van der Waals surface area contributed by atoms with Gasteiger partial charge in [-0.2, -0.15) is 0 Å². The minimum atomic E-state index is -0.249. The number of rotatable bonds is 5. The number of amides is 1. The van der Waals surface area contributed by atoms with E-state index in [-0.39, 0.29) is 5.91 Å². The number of nitrogens with zero attached hydrogens (tertiary/aromatic N) is 3. The Hall–Kier alpha value is -2.50. The van der Waals surface area contributed by atoms with Gasteiger partial charge >= 0.3 is 0 Å². The summed E-state index contributed by atoms with van der Waals surface area (Å²) in [6.07, 6.45) is 7.12. The fourth-order valence-electron chi connectivity index (χ4n) is 1.72. The van der Waals surface area contributed by atoms with Crippen LogP contribution in [0.5, 0.6) is 0 Å². The Bertz CT molecular complexity index is 580. The number of carbonyl (C=O) groups excluding carboxylic acids is 1. The highest BCUT2D eigenvalue weighted by molar-refractivity contribution is 5.91. The van der Waals surface area contributed by atoms with Crippen molar-refractivity contribution in [1.82, 2.24) is 20.3 Å². The van der Waals surface area contributed by atoms with E-state index < -0.39 is 0 Å². The van der Waals surface area contributed by atoms with Crippen molar-refractivity contribution in [3.63, 3.8) is 0 Å². The molecule has 0 aromatic carbocycles. The van der Waals surface area contributed by atoms with Gasteiger partial charge in [0.05, 0.1) is 24.6 Å². The van der Waals surface area contributed by atoms with Crippen LogP contribution in [0.4, 0.5) is 5.82 Å². The molecule has 1 aliphatic rings. The second-order valence-electron chi connectivity index (χ2n) is 4.71. The topological polar surface area (TPSA) is 79.8 Å². The summed E-state index contributed by atoms with van der Waals surface area (Å²) < 4.78 is 0. The van der Waals surface area contributed by atoms with Gasteiger partial charge in [-0.1, -0.05) is 6.07 Å². The Morgan fingerprint density at radius 1 is 1.20 bits per heavy atom. The highest BCUT2D eigenvalue weighted by atomic mass is 16.1. The highest BCUT2D eigenvalue weighted by Crippen LogP contribution is 2.22. The molecule has 0 radical (unpaired) electrons. The molecule has 1 saturated carbocycles. The number of carbonyl (C=O) groups is 1. The van der Waals surface area contributed by atoms with E-state index in [1.807, 2.05) is 18.2 Å². The van der Waals surface area contributed by atoms with Crippen molar-refractivity contribution in [1.29, 1.82) is 0 Å². The van der Waals surface area contributed by atoms with Gasteiger partial charge in [0.15, 0.2) is 0 Å². The lowest BCUT2D eigenvalue weighted by atomic mass is 10.3. The van der Waals surface area contributed by atoms with Crippen LogP contribution in [0.3, 0.4) is 0 Å². The van der Waals surface area contributed by atoms with Gasteiger partial charge in [-0.25, -0.2) is 9.97 Å². The lowest BCUT2D eigenvalue weighted by Crippen LogP contribution is -2.24. The molecule has 6 nitrogen and oxygen atoms in total. The van der Waals surface area contributed by atoms with E-state index in [2.05, 4.69) is 25.6 Å². The van der Waals surface area contributed by atoms with Gasteiger partial charge in [-0.05, 0) is 25.0 Å². The molecule has 0 saturated heterocycles. The molecule has 1 fully saturated rings. The van der Waals surface area contributed by atoms with Gasteiger partial charge in [0.2, 0.25) is 0 Å². The number of anilines is 1. The summed E-state index contributed by atoms with van der Waals surface area (Å²) in [5.41, 5.74) is 1.11. The molecule has 0 unspecified atom stereocenters. The van der Waals surface area contributed by atoms with Gasteiger partial charge in [0, 0.05) is 12.2 Å². The Balaban J connectivity index is 1.56. The molecule has 0 atom stereocenters. The standard InChI is InChI=1S/C14H15N5O/c20-14(18-7-11-3-1-2-6-15-11)12-8-17-13(9-16-12)19-10-4-5-10/h1-3,6,8-10H,4-5,7H2,(H,17,19)(H,18,20). The van der Waals surface area contributed by atoms with Gasteiger partial charge in [0.1, 0.15) is 11.5 Å². The van der Waals surface area contributed by atoms with Crippen molar-refractivity contribution in [3.05, 3.63) is 48.2 Å². The van der Waals surface area contributed by atoms with E-state index in [0.29, 0.717) is 24.1 Å². The molecule has 0 bridgehead atoms. The molecule has 3 rings (SSSR count). The van der Waals surface area contributed by atoms with Crippen LogP contribution in [0, 0.1) is 0 Å². The summed E-state index contributed by atoms with van der Waals surface area (Å²) in [6.45, 7) is 0.378. The first-order valence-electron chi connectivity index (χ1n) is 6.58.